The lowest BCUT2D eigenvalue weighted by atomic mass is 10.1. The first-order chi connectivity index (χ1) is 10.2. The van der Waals surface area contributed by atoms with Crippen LogP contribution in [-0.2, 0) is 28.9 Å². The summed E-state index contributed by atoms with van der Waals surface area (Å²) >= 11 is 0. The van der Waals surface area contributed by atoms with E-state index in [0.29, 0.717) is 18.9 Å². The number of carbonyl (C=O) groups is 2. The minimum atomic E-state index is -3.05. The van der Waals surface area contributed by atoms with Gasteiger partial charge < -0.3 is 14.8 Å². The van der Waals surface area contributed by atoms with Gasteiger partial charge in [-0.25, -0.2) is 13.2 Å². The summed E-state index contributed by atoms with van der Waals surface area (Å²) in [7, 11) is -3.05. The molecule has 0 aromatic carbocycles. The van der Waals surface area contributed by atoms with E-state index in [2.05, 4.69) is 19.2 Å². The van der Waals surface area contributed by atoms with Crippen molar-refractivity contribution in [1.29, 1.82) is 0 Å². The number of amides is 1. The Kier molecular flexibility index (Phi) is 7.28. The molecule has 0 aromatic rings. The van der Waals surface area contributed by atoms with Crippen molar-refractivity contribution >= 4 is 21.7 Å². The summed E-state index contributed by atoms with van der Waals surface area (Å²) in [6.07, 6.45) is 0.517. The van der Waals surface area contributed by atoms with Crippen molar-refractivity contribution in [1.82, 2.24) is 5.32 Å². The molecule has 1 amide bonds. The van der Waals surface area contributed by atoms with Gasteiger partial charge in [-0.3, -0.25) is 4.79 Å². The first-order valence-electron chi connectivity index (χ1n) is 7.47. The summed E-state index contributed by atoms with van der Waals surface area (Å²) in [5, 5.41) is 2.55. The van der Waals surface area contributed by atoms with E-state index in [1.165, 1.54) is 0 Å². The van der Waals surface area contributed by atoms with Crippen molar-refractivity contribution in [3.8, 4) is 0 Å². The van der Waals surface area contributed by atoms with Crippen molar-refractivity contribution in [3.05, 3.63) is 0 Å². The molecule has 0 spiro atoms. The number of carbonyl (C=O) groups excluding carboxylic acids is 2. The van der Waals surface area contributed by atoms with Gasteiger partial charge in [0.25, 0.3) is 5.91 Å². The monoisotopic (exact) mass is 335 g/mol. The van der Waals surface area contributed by atoms with Crippen LogP contribution in [0.1, 0.15) is 33.6 Å². The molecule has 1 heterocycles. The van der Waals surface area contributed by atoms with Crippen LogP contribution >= 0.6 is 0 Å². The summed E-state index contributed by atoms with van der Waals surface area (Å²) in [6.45, 7) is 5.72. The lowest BCUT2D eigenvalue weighted by molar-refractivity contribution is -0.159. The van der Waals surface area contributed by atoms with Crippen LogP contribution in [0.15, 0.2) is 0 Å². The van der Waals surface area contributed by atoms with Crippen LogP contribution in [0.3, 0.4) is 0 Å². The van der Waals surface area contributed by atoms with E-state index in [4.69, 9.17) is 9.47 Å². The Balaban J connectivity index is 2.21. The van der Waals surface area contributed by atoms with E-state index in [-0.39, 0.29) is 11.5 Å². The number of rotatable bonds is 8. The van der Waals surface area contributed by atoms with Gasteiger partial charge in [-0.15, -0.1) is 0 Å². The van der Waals surface area contributed by atoms with Crippen LogP contribution in [0, 0.1) is 5.92 Å². The first-order valence-corrected chi connectivity index (χ1v) is 9.30. The van der Waals surface area contributed by atoms with Crippen LogP contribution in [0.4, 0.5) is 0 Å². The maximum atomic E-state index is 11.6. The van der Waals surface area contributed by atoms with Gasteiger partial charge in [0.15, 0.2) is 22.5 Å². The van der Waals surface area contributed by atoms with Crippen LogP contribution in [0.25, 0.3) is 0 Å². The third kappa shape index (κ3) is 7.22. The van der Waals surface area contributed by atoms with Crippen LogP contribution < -0.4 is 5.32 Å². The van der Waals surface area contributed by atoms with Crippen molar-refractivity contribution in [2.75, 3.05) is 24.7 Å². The highest BCUT2D eigenvalue weighted by atomic mass is 32.2. The zero-order valence-corrected chi connectivity index (χ0v) is 14.1. The Labute approximate surface area is 131 Å². The van der Waals surface area contributed by atoms with Gasteiger partial charge in [0, 0.05) is 12.6 Å². The van der Waals surface area contributed by atoms with Crippen molar-refractivity contribution in [2.24, 2.45) is 5.92 Å². The Bertz CT molecular complexity index is 488. The Morgan fingerprint density at radius 2 is 1.95 bits per heavy atom. The van der Waals surface area contributed by atoms with Gasteiger partial charge in [-0.05, 0) is 25.7 Å². The Morgan fingerprint density at radius 3 is 2.50 bits per heavy atom. The second-order valence-electron chi connectivity index (χ2n) is 5.97. The van der Waals surface area contributed by atoms with Gasteiger partial charge >= 0.3 is 5.97 Å². The lowest BCUT2D eigenvalue weighted by Crippen LogP contribution is -2.39. The molecule has 2 unspecified atom stereocenters. The predicted octanol–water partition coefficient (Wildman–Crippen LogP) is 0.284. The van der Waals surface area contributed by atoms with E-state index in [1.807, 2.05) is 0 Å². The van der Waals surface area contributed by atoms with Crippen molar-refractivity contribution in [3.63, 3.8) is 0 Å². The zero-order chi connectivity index (χ0) is 16.8. The molecular formula is C14H25NO6S. The van der Waals surface area contributed by atoms with Crippen LogP contribution in [0.5, 0.6) is 0 Å². The van der Waals surface area contributed by atoms with Gasteiger partial charge in [0.05, 0.1) is 11.5 Å². The van der Waals surface area contributed by atoms with Crippen LogP contribution in [-0.4, -0.2) is 57.2 Å². The van der Waals surface area contributed by atoms with Gasteiger partial charge in [0.2, 0.25) is 0 Å². The molecule has 1 fully saturated rings. The van der Waals surface area contributed by atoms with E-state index in [0.717, 1.165) is 6.42 Å². The third-order valence-corrected chi connectivity index (χ3v) is 5.11. The number of sulfone groups is 1. The SMILES string of the molecule is CC(C)CCOC(C)C(=O)OCC(=O)NC1CCS(=O)(=O)C1. The summed E-state index contributed by atoms with van der Waals surface area (Å²) in [5.41, 5.74) is 0. The summed E-state index contributed by atoms with van der Waals surface area (Å²) in [4.78, 5) is 23.3. The quantitative estimate of drug-likeness (QED) is 0.640. The molecule has 2 atom stereocenters. The number of hydrogen-bond donors (Lipinski definition) is 1. The molecule has 128 valence electrons. The number of hydrogen-bond acceptors (Lipinski definition) is 6. The fourth-order valence-electron chi connectivity index (χ4n) is 1.98. The van der Waals surface area contributed by atoms with Crippen molar-refractivity contribution < 1.29 is 27.5 Å². The predicted molar refractivity (Wildman–Crippen MR) is 81.0 cm³/mol. The molecule has 1 aliphatic heterocycles. The minimum absolute atomic E-state index is 0.0542. The standard InChI is InChI=1S/C14H25NO6S/c1-10(2)4-6-20-11(3)14(17)21-8-13(16)15-12-5-7-22(18,19)9-12/h10-12H,4-9H2,1-3H3,(H,15,16). The number of nitrogens with one attached hydrogen (secondary N) is 1. The average molecular weight is 335 g/mol. The molecule has 0 aliphatic carbocycles. The first kappa shape index (κ1) is 18.9. The van der Waals surface area contributed by atoms with Crippen molar-refractivity contribution in [2.45, 2.75) is 45.8 Å². The second-order valence-corrected chi connectivity index (χ2v) is 8.20. The van der Waals surface area contributed by atoms with E-state index >= 15 is 0 Å². The Hall–Kier alpha value is -1.15. The highest BCUT2D eigenvalue weighted by Crippen LogP contribution is 2.11. The van der Waals surface area contributed by atoms with Gasteiger partial charge in [0.1, 0.15) is 0 Å². The normalized spacial score (nSPS) is 21.5. The number of ether oxygens (including phenoxy) is 2. The summed E-state index contributed by atoms with van der Waals surface area (Å²) < 4.78 is 32.7. The molecule has 0 radical (unpaired) electrons. The number of esters is 1. The van der Waals surface area contributed by atoms with E-state index in [9.17, 15) is 18.0 Å². The summed E-state index contributed by atoms with van der Waals surface area (Å²) in [6, 6.07) is -0.393. The molecule has 0 bridgehead atoms. The molecular weight excluding hydrogens is 310 g/mol. The molecule has 1 saturated heterocycles. The molecule has 1 aliphatic rings. The highest BCUT2D eigenvalue weighted by molar-refractivity contribution is 7.91. The fraction of sp³-hybridized carbons (Fsp3) is 0.857. The molecule has 0 saturated carbocycles. The lowest BCUT2D eigenvalue weighted by Gasteiger charge is -2.14. The molecule has 1 rings (SSSR count). The molecule has 7 nitrogen and oxygen atoms in total. The maximum absolute atomic E-state index is 11.6. The molecule has 8 heteroatoms. The Morgan fingerprint density at radius 1 is 1.27 bits per heavy atom. The molecule has 0 aromatic heterocycles. The fourth-order valence-corrected chi connectivity index (χ4v) is 3.65. The highest BCUT2D eigenvalue weighted by Gasteiger charge is 2.29. The largest absolute Gasteiger partial charge is 0.454 e. The maximum Gasteiger partial charge on any atom is 0.335 e. The molecule has 22 heavy (non-hydrogen) atoms. The molecule has 1 N–H and O–H groups in total. The minimum Gasteiger partial charge on any atom is -0.454 e. The smallest absolute Gasteiger partial charge is 0.335 e. The topological polar surface area (TPSA) is 98.8 Å². The van der Waals surface area contributed by atoms with Gasteiger partial charge in [-0.1, -0.05) is 13.8 Å². The van der Waals surface area contributed by atoms with E-state index in [1.54, 1.807) is 6.92 Å². The third-order valence-electron chi connectivity index (χ3n) is 3.34. The summed E-state index contributed by atoms with van der Waals surface area (Å²) in [5.74, 6) is -0.584. The van der Waals surface area contributed by atoms with E-state index < -0.39 is 40.5 Å². The van der Waals surface area contributed by atoms with Gasteiger partial charge in [-0.2, -0.15) is 0 Å². The second kappa shape index (κ2) is 8.47. The average Bonchev–Trinajstić information content (AvgIpc) is 2.74. The zero-order valence-electron chi connectivity index (χ0n) is 13.3. The van der Waals surface area contributed by atoms with Crippen LogP contribution in [0.2, 0.25) is 0 Å².